The first kappa shape index (κ1) is 8.27. The molecule has 62 valence electrons. The van der Waals surface area contributed by atoms with E-state index in [2.05, 4.69) is 11.9 Å². The van der Waals surface area contributed by atoms with Crippen molar-refractivity contribution in [2.75, 3.05) is 19.8 Å². The Morgan fingerprint density at radius 2 is 2.36 bits per heavy atom. The maximum absolute atomic E-state index is 5.13. The molecule has 0 atom stereocenters. The predicted octanol–water partition coefficient (Wildman–Crippen LogP) is 0.566. The fourth-order valence-corrected chi connectivity index (χ4v) is 0.925. The highest BCUT2D eigenvalue weighted by Crippen LogP contribution is 2.26. The Labute approximate surface area is 66.9 Å². The van der Waals surface area contributed by atoms with Crippen molar-refractivity contribution in [1.82, 2.24) is 0 Å². The van der Waals surface area contributed by atoms with Crippen LogP contribution in [0.25, 0.3) is 0 Å². The van der Waals surface area contributed by atoms with Gasteiger partial charge < -0.3 is 10.5 Å². The minimum atomic E-state index is 0.277. The molecule has 0 aromatic heterocycles. The van der Waals surface area contributed by atoms with E-state index in [1.165, 1.54) is 6.20 Å². The molecule has 1 heterocycles. The number of nitrogens with two attached hydrogens (primary N) is 1. The van der Waals surface area contributed by atoms with Crippen LogP contribution in [-0.2, 0) is 4.74 Å². The molecule has 1 aliphatic rings. The van der Waals surface area contributed by atoms with E-state index < -0.39 is 0 Å². The second-order valence-electron chi connectivity index (χ2n) is 3.18. The van der Waals surface area contributed by atoms with Gasteiger partial charge in [0, 0.05) is 18.2 Å². The average molecular weight is 154 g/mol. The number of nitrogens with zero attached hydrogens (tertiary/aromatic N) is 1. The highest BCUT2D eigenvalue weighted by molar-refractivity contribution is 5.70. The lowest BCUT2D eigenvalue weighted by Crippen LogP contribution is -2.42. The maximum Gasteiger partial charge on any atom is 0.0560 e. The Hall–Kier alpha value is -0.830. The largest absolute Gasteiger partial charge is 0.405 e. The highest BCUT2D eigenvalue weighted by atomic mass is 16.5. The summed E-state index contributed by atoms with van der Waals surface area (Å²) in [5.74, 6) is 0. The molecule has 3 heteroatoms. The summed E-state index contributed by atoms with van der Waals surface area (Å²) in [6.07, 6.45) is 4.93. The Morgan fingerprint density at radius 3 is 2.82 bits per heavy atom. The van der Waals surface area contributed by atoms with Gasteiger partial charge in [0.2, 0.25) is 0 Å². The fourth-order valence-electron chi connectivity index (χ4n) is 0.925. The summed E-state index contributed by atoms with van der Waals surface area (Å²) in [6.45, 7) is 4.66. The number of ether oxygens (including phenoxy) is 1. The SMILES string of the molecule is CC1(CN=C/C=C\N)COC1. The molecule has 0 saturated carbocycles. The van der Waals surface area contributed by atoms with Gasteiger partial charge in [-0.1, -0.05) is 6.92 Å². The third-order valence-electron chi connectivity index (χ3n) is 1.68. The van der Waals surface area contributed by atoms with Crippen molar-refractivity contribution < 1.29 is 4.74 Å². The van der Waals surface area contributed by atoms with Crippen molar-refractivity contribution in [1.29, 1.82) is 0 Å². The minimum Gasteiger partial charge on any atom is -0.405 e. The lowest BCUT2D eigenvalue weighted by molar-refractivity contribution is -0.0944. The Bertz CT molecular complexity index is 171. The van der Waals surface area contributed by atoms with Gasteiger partial charge in [-0.3, -0.25) is 4.99 Å². The molecule has 0 radical (unpaired) electrons. The van der Waals surface area contributed by atoms with Gasteiger partial charge in [-0.2, -0.15) is 0 Å². The zero-order valence-corrected chi connectivity index (χ0v) is 6.79. The zero-order valence-electron chi connectivity index (χ0n) is 6.79. The lowest BCUT2D eigenvalue weighted by atomic mass is 9.89. The molecule has 2 N–H and O–H groups in total. The lowest BCUT2D eigenvalue weighted by Gasteiger charge is -2.36. The van der Waals surface area contributed by atoms with E-state index in [4.69, 9.17) is 10.5 Å². The molecule has 1 rings (SSSR count). The predicted molar refractivity (Wildman–Crippen MR) is 45.6 cm³/mol. The van der Waals surface area contributed by atoms with Gasteiger partial charge in [-0.15, -0.1) is 0 Å². The van der Waals surface area contributed by atoms with Crippen molar-refractivity contribution in [2.45, 2.75) is 6.92 Å². The van der Waals surface area contributed by atoms with Gasteiger partial charge in [0.05, 0.1) is 13.2 Å². The molecular weight excluding hydrogens is 140 g/mol. The van der Waals surface area contributed by atoms with Crippen LogP contribution in [0.15, 0.2) is 17.3 Å². The second kappa shape index (κ2) is 3.53. The summed E-state index contributed by atoms with van der Waals surface area (Å²) in [5.41, 5.74) is 5.41. The summed E-state index contributed by atoms with van der Waals surface area (Å²) in [4.78, 5) is 4.18. The van der Waals surface area contributed by atoms with Crippen molar-refractivity contribution in [3.8, 4) is 0 Å². The molecule has 11 heavy (non-hydrogen) atoms. The zero-order chi connectivity index (χ0) is 8.16. The molecule has 0 aromatic carbocycles. The summed E-state index contributed by atoms with van der Waals surface area (Å²) >= 11 is 0. The van der Waals surface area contributed by atoms with Crippen LogP contribution < -0.4 is 5.73 Å². The van der Waals surface area contributed by atoms with E-state index in [1.807, 2.05) is 0 Å². The number of hydrogen-bond acceptors (Lipinski definition) is 3. The Balaban J connectivity index is 2.20. The maximum atomic E-state index is 5.13. The molecule has 0 spiro atoms. The van der Waals surface area contributed by atoms with Crippen molar-refractivity contribution in [3.05, 3.63) is 12.3 Å². The topological polar surface area (TPSA) is 47.6 Å². The van der Waals surface area contributed by atoms with Crippen LogP contribution in [-0.4, -0.2) is 26.0 Å². The molecule has 1 fully saturated rings. The van der Waals surface area contributed by atoms with E-state index >= 15 is 0 Å². The molecule has 3 nitrogen and oxygen atoms in total. The van der Waals surface area contributed by atoms with Crippen LogP contribution in [0.3, 0.4) is 0 Å². The van der Waals surface area contributed by atoms with Gasteiger partial charge in [0.1, 0.15) is 0 Å². The van der Waals surface area contributed by atoms with E-state index in [0.717, 1.165) is 19.8 Å². The van der Waals surface area contributed by atoms with Crippen LogP contribution in [0.5, 0.6) is 0 Å². The van der Waals surface area contributed by atoms with E-state index in [0.29, 0.717) is 0 Å². The summed E-state index contributed by atoms with van der Waals surface area (Å²) < 4.78 is 5.08. The number of rotatable bonds is 3. The molecule has 0 bridgehead atoms. The van der Waals surface area contributed by atoms with Crippen LogP contribution in [0.2, 0.25) is 0 Å². The molecule has 0 unspecified atom stereocenters. The normalized spacial score (nSPS) is 22.6. The van der Waals surface area contributed by atoms with Gasteiger partial charge in [-0.05, 0) is 12.3 Å². The second-order valence-corrected chi connectivity index (χ2v) is 3.18. The van der Waals surface area contributed by atoms with Gasteiger partial charge in [0.25, 0.3) is 0 Å². The van der Waals surface area contributed by atoms with E-state index in [9.17, 15) is 0 Å². The summed E-state index contributed by atoms with van der Waals surface area (Å²) in [7, 11) is 0. The number of allylic oxidation sites excluding steroid dienone is 1. The van der Waals surface area contributed by atoms with Gasteiger partial charge in [0.15, 0.2) is 0 Å². The van der Waals surface area contributed by atoms with Crippen LogP contribution >= 0.6 is 0 Å². The summed E-state index contributed by atoms with van der Waals surface area (Å²) in [5, 5.41) is 0. The molecule has 1 saturated heterocycles. The van der Waals surface area contributed by atoms with Gasteiger partial charge >= 0.3 is 0 Å². The van der Waals surface area contributed by atoms with Crippen molar-refractivity contribution in [2.24, 2.45) is 16.1 Å². The quantitative estimate of drug-likeness (QED) is 0.604. The fraction of sp³-hybridized carbons (Fsp3) is 0.625. The van der Waals surface area contributed by atoms with Crippen molar-refractivity contribution >= 4 is 6.21 Å². The number of hydrogen-bond donors (Lipinski definition) is 1. The first-order valence-corrected chi connectivity index (χ1v) is 3.71. The third-order valence-corrected chi connectivity index (χ3v) is 1.68. The molecule has 0 aromatic rings. The average Bonchev–Trinajstić information content (AvgIpc) is 1.95. The van der Waals surface area contributed by atoms with Crippen LogP contribution in [0.1, 0.15) is 6.92 Å². The van der Waals surface area contributed by atoms with E-state index in [-0.39, 0.29) is 5.41 Å². The Kier molecular flexibility index (Phi) is 2.65. The number of aliphatic imine (C=N–C) groups is 1. The molecular formula is C8H14N2O. The first-order chi connectivity index (χ1) is 5.27. The van der Waals surface area contributed by atoms with E-state index in [1.54, 1.807) is 12.3 Å². The highest BCUT2D eigenvalue weighted by Gasteiger charge is 2.32. The van der Waals surface area contributed by atoms with Crippen LogP contribution in [0.4, 0.5) is 0 Å². The monoisotopic (exact) mass is 154 g/mol. The Morgan fingerprint density at radius 1 is 1.64 bits per heavy atom. The molecule has 0 amide bonds. The molecule has 0 aliphatic carbocycles. The minimum absolute atomic E-state index is 0.277. The van der Waals surface area contributed by atoms with Crippen LogP contribution in [0, 0.1) is 5.41 Å². The molecule has 1 aliphatic heterocycles. The first-order valence-electron chi connectivity index (χ1n) is 3.71. The van der Waals surface area contributed by atoms with Gasteiger partial charge in [-0.25, -0.2) is 0 Å². The van der Waals surface area contributed by atoms with Crippen molar-refractivity contribution in [3.63, 3.8) is 0 Å². The standard InChI is InChI=1S/C8H14N2O/c1-8(6-11-7-8)5-10-4-2-3-9/h2-4H,5-7,9H2,1H3/b3-2-,10-4?. The smallest absolute Gasteiger partial charge is 0.0560 e. The third kappa shape index (κ3) is 2.35. The summed E-state index contributed by atoms with van der Waals surface area (Å²) in [6, 6.07) is 0.